The first kappa shape index (κ1) is 38.2. The molecule has 1 aromatic carbocycles. The fourth-order valence-corrected chi connectivity index (χ4v) is 9.25. The van der Waals surface area contributed by atoms with Crippen LogP contribution < -0.4 is 10.6 Å². The number of carbonyl (C=O) groups is 4. The molecular weight excluding hydrogens is 717 g/mol. The zero-order valence-electron chi connectivity index (χ0n) is 32.0. The molecule has 4 aromatic rings. The van der Waals surface area contributed by atoms with Crippen LogP contribution in [0.25, 0.3) is 32.7 Å². The summed E-state index contributed by atoms with van der Waals surface area (Å²) in [6, 6.07) is 8.89. The van der Waals surface area contributed by atoms with Crippen molar-refractivity contribution in [2.75, 3.05) is 19.7 Å². The average Bonchev–Trinajstić information content (AvgIpc) is 4.01. The summed E-state index contributed by atoms with van der Waals surface area (Å²) in [6.07, 6.45) is 9.91. The van der Waals surface area contributed by atoms with Crippen LogP contribution in [0.3, 0.4) is 0 Å². The van der Waals surface area contributed by atoms with Gasteiger partial charge in [0.15, 0.2) is 0 Å². The Morgan fingerprint density at radius 1 is 0.927 bits per heavy atom. The van der Waals surface area contributed by atoms with Crippen LogP contribution in [0.1, 0.15) is 84.2 Å². The van der Waals surface area contributed by atoms with Crippen LogP contribution in [0.5, 0.6) is 0 Å². The number of rotatable bonds is 12. The number of fused-ring (bicyclic) bond motifs is 1. The second-order valence-electron chi connectivity index (χ2n) is 15.5. The molecule has 14 heteroatoms. The molecule has 7 rings (SSSR count). The number of allylic oxidation sites excluding steroid dienone is 1. The third kappa shape index (κ3) is 7.62. The summed E-state index contributed by atoms with van der Waals surface area (Å²) in [7, 11) is 0. The van der Waals surface area contributed by atoms with Gasteiger partial charge in [-0.1, -0.05) is 39.8 Å². The molecule has 3 aliphatic heterocycles. The van der Waals surface area contributed by atoms with Crippen LogP contribution in [0.15, 0.2) is 59.3 Å². The Kier molecular flexibility index (Phi) is 11.1. The third-order valence-electron chi connectivity index (χ3n) is 11.0. The maximum Gasteiger partial charge on any atom is 0.246 e. The minimum atomic E-state index is -0.719. The first-order valence-corrected chi connectivity index (χ1v) is 20.1. The van der Waals surface area contributed by atoms with Crippen molar-refractivity contribution in [2.24, 2.45) is 16.8 Å². The topological polar surface area (TPSA) is 165 Å². The van der Waals surface area contributed by atoms with E-state index in [4.69, 9.17) is 4.99 Å². The molecule has 3 aromatic heterocycles. The zero-order chi connectivity index (χ0) is 39.0. The summed E-state index contributed by atoms with van der Waals surface area (Å²) in [4.78, 5) is 68.7. The Labute approximate surface area is 324 Å². The van der Waals surface area contributed by atoms with Crippen LogP contribution in [-0.4, -0.2) is 96.6 Å². The summed E-state index contributed by atoms with van der Waals surface area (Å²) in [5.74, 6) is -0.398. The number of carbonyl (C=O) groups excluding carboxylic acids is 4. The Balaban J connectivity index is 1.02. The highest BCUT2D eigenvalue weighted by Crippen LogP contribution is 2.39. The number of aliphatic imine (C=N–C) groups is 1. The second-order valence-corrected chi connectivity index (χ2v) is 16.3. The fourth-order valence-electron chi connectivity index (χ4n) is 8.16. The smallest absolute Gasteiger partial charge is 0.246 e. The molecule has 0 bridgehead atoms. The van der Waals surface area contributed by atoms with E-state index in [0.29, 0.717) is 25.3 Å². The van der Waals surface area contributed by atoms with E-state index in [1.54, 1.807) is 22.4 Å². The number of aliphatic hydroxyl groups excluding tert-OH is 1. The van der Waals surface area contributed by atoms with Gasteiger partial charge in [0, 0.05) is 61.0 Å². The SMILES string of the molecule is CC(=O)N[C@H](C(=O)N1CCCC1C1=NC=C(c2csc3c2ccn3-c2ccc(-c3cnc(C4CCCN4C(=O)[C@@H](NC(=O)CO)C(C)C)[nH]3)cc2)C1)C(C)C. The fraction of sp³-hybridized carbons (Fsp3) is 0.463. The molecule has 4 N–H and O–H groups in total. The van der Waals surface area contributed by atoms with Gasteiger partial charge in [-0.2, -0.15) is 0 Å². The Bertz CT molecular complexity index is 2140. The molecule has 6 heterocycles. The van der Waals surface area contributed by atoms with E-state index in [1.807, 2.05) is 38.8 Å². The van der Waals surface area contributed by atoms with Crippen LogP contribution in [0.4, 0.5) is 0 Å². The minimum Gasteiger partial charge on any atom is -0.387 e. The molecule has 2 unspecified atom stereocenters. The first-order valence-electron chi connectivity index (χ1n) is 19.2. The third-order valence-corrected chi connectivity index (χ3v) is 12.0. The Hall–Kier alpha value is -5.08. The number of nitrogens with zero attached hydrogens (tertiary/aromatic N) is 5. The van der Waals surface area contributed by atoms with Gasteiger partial charge in [-0.3, -0.25) is 24.2 Å². The molecule has 4 amide bonds. The van der Waals surface area contributed by atoms with E-state index in [1.165, 1.54) is 6.92 Å². The molecule has 2 fully saturated rings. The zero-order valence-corrected chi connectivity index (χ0v) is 32.9. The maximum atomic E-state index is 13.6. The predicted molar refractivity (Wildman–Crippen MR) is 213 cm³/mol. The molecule has 3 aliphatic rings. The first-order chi connectivity index (χ1) is 26.4. The summed E-state index contributed by atoms with van der Waals surface area (Å²) in [5.41, 5.74) is 6.15. The van der Waals surface area contributed by atoms with E-state index < -0.39 is 24.6 Å². The van der Waals surface area contributed by atoms with Crippen LogP contribution in [0, 0.1) is 11.8 Å². The summed E-state index contributed by atoms with van der Waals surface area (Å²) in [5, 5.41) is 18.1. The van der Waals surface area contributed by atoms with E-state index in [0.717, 1.165) is 69.7 Å². The minimum absolute atomic E-state index is 0.0127. The predicted octanol–water partition coefficient (Wildman–Crippen LogP) is 5.22. The number of hydrogen-bond acceptors (Lipinski definition) is 8. The molecule has 0 aliphatic carbocycles. The van der Waals surface area contributed by atoms with Crippen molar-refractivity contribution in [2.45, 2.75) is 90.9 Å². The monoisotopic (exact) mass is 766 g/mol. The van der Waals surface area contributed by atoms with E-state index in [-0.39, 0.29) is 41.6 Å². The summed E-state index contributed by atoms with van der Waals surface area (Å²) >= 11 is 1.69. The van der Waals surface area contributed by atoms with Crippen molar-refractivity contribution in [1.82, 2.24) is 35.0 Å². The van der Waals surface area contributed by atoms with Gasteiger partial charge >= 0.3 is 0 Å². The maximum absolute atomic E-state index is 13.6. The summed E-state index contributed by atoms with van der Waals surface area (Å²) in [6.45, 7) is 9.71. The highest BCUT2D eigenvalue weighted by Gasteiger charge is 2.39. The van der Waals surface area contributed by atoms with E-state index >= 15 is 0 Å². The normalized spacial score (nSPS) is 19.6. The number of aromatic nitrogens is 3. The van der Waals surface area contributed by atoms with Gasteiger partial charge in [0.25, 0.3) is 0 Å². The lowest BCUT2D eigenvalue weighted by atomic mass is 9.97. The quantitative estimate of drug-likeness (QED) is 0.155. The number of thiophene rings is 1. The Morgan fingerprint density at radius 2 is 1.58 bits per heavy atom. The van der Waals surface area contributed by atoms with Crippen molar-refractivity contribution < 1.29 is 24.3 Å². The average molecular weight is 767 g/mol. The highest BCUT2D eigenvalue weighted by molar-refractivity contribution is 7.17. The molecule has 0 spiro atoms. The molecule has 0 radical (unpaired) electrons. The van der Waals surface area contributed by atoms with Gasteiger partial charge in [-0.25, -0.2) is 4.98 Å². The van der Waals surface area contributed by atoms with Gasteiger partial charge in [0.05, 0.1) is 24.0 Å². The number of hydrogen-bond donors (Lipinski definition) is 4. The highest BCUT2D eigenvalue weighted by atomic mass is 32.1. The standard InChI is InChI=1S/C41H50N8O5S/c1-23(2)36(44-25(5)51)39(53)48-15-6-8-33(48)31-18-27(19-42-31)30-22-55-41-29(30)14-17-47(41)28-12-10-26(11-13-28)32-20-43-38(45-32)34-9-7-16-49(34)40(54)37(24(3)4)46-35(52)21-50/h10-14,17,19-20,22-24,33-34,36-37,50H,6-9,15-16,18,21H2,1-5H3,(H,43,45)(H,44,51)(H,46,52)/t33?,34?,36-,37-/m0/s1. The second kappa shape index (κ2) is 16.0. The number of H-pyrrole nitrogens is 1. The van der Waals surface area contributed by atoms with Crippen LogP contribution in [-0.2, 0) is 19.2 Å². The van der Waals surface area contributed by atoms with Crippen molar-refractivity contribution in [3.63, 3.8) is 0 Å². The molecule has 13 nitrogen and oxygen atoms in total. The van der Waals surface area contributed by atoms with Gasteiger partial charge < -0.3 is 35.1 Å². The molecule has 55 heavy (non-hydrogen) atoms. The van der Waals surface area contributed by atoms with Crippen molar-refractivity contribution >= 4 is 56.5 Å². The van der Waals surface area contributed by atoms with Crippen LogP contribution in [0.2, 0.25) is 0 Å². The lowest BCUT2D eigenvalue weighted by Crippen LogP contribution is -2.53. The van der Waals surface area contributed by atoms with Crippen molar-refractivity contribution in [3.05, 3.63) is 65.7 Å². The number of nitrogens with one attached hydrogen (secondary N) is 3. The van der Waals surface area contributed by atoms with Gasteiger partial charge in [0.2, 0.25) is 23.6 Å². The lowest BCUT2D eigenvalue weighted by molar-refractivity contribution is -0.139. The number of likely N-dealkylation sites (tertiary alicyclic amines) is 2. The molecule has 0 saturated carbocycles. The Morgan fingerprint density at radius 3 is 2.24 bits per heavy atom. The van der Waals surface area contributed by atoms with E-state index in [9.17, 15) is 24.3 Å². The number of amides is 4. The summed E-state index contributed by atoms with van der Waals surface area (Å²) < 4.78 is 2.19. The largest absolute Gasteiger partial charge is 0.387 e. The van der Waals surface area contributed by atoms with Crippen molar-refractivity contribution in [1.29, 1.82) is 0 Å². The van der Waals surface area contributed by atoms with Crippen molar-refractivity contribution in [3.8, 4) is 16.9 Å². The van der Waals surface area contributed by atoms with Crippen LogP contribution >= 0.6 is 11.3 Å². The number of benzene rings is 1. The molecular formula is C41H50N8O5S. The van der Waals surface area contributed by atoms with Gasteiger partial charge in [0.1, 0.15) is 29.3 Å². The van der Waals surface area contributed by atoms with E-state index in [2.05, 4.69) is 67.1 Å². The van der Waals surface area contributed by atoms with Gasteiger partial charge in [-0.05, 0) is 72.4 Å². The molecule has 290 valence electrons. The molecule has 2 saturated heterocycles. The molecule has 4 atom stereocenters. The van der Waals surface area contributed by atoms with Gasteiger partial charge in [-0.15, -0.1) is 11.3 Å². The lowest BCUT2D eigenvalue weighted by Gasteiger charge is -2.31. The number of imidazole rings is 1. The number of aliphatic hydroxyl groups is 1. The number of aromatic amines is 1.